The number of nitrogens with one attached hydrogen (secondary N) is 1. The summed E-state index contributed by atoms with van der Waals surface area (Å²) in [4.78, 5) is 29.1. The summed E-state index contributed by atoms with van der Waals surface area (Å²) in [5, 5.41) is 3.52. The van der Waals surface area contributed by atoms with Crippen molar-refractivity contribution in [2.75, 3.05) is 18.1 Å². The van der Waals surface area contributed by atoms with Gasteiger partial charge in [-0.2, -0.15) is 0 Å². The van der Waals surface area contributed by atoms with Gasteiger partial charge in [0.2, 0.25) is 0 Å². The molecule has 1 N–H and O–H groups in total. The highest BCUT2D eigenvalue weighted by Crippen LogP contribution is 2.24. The summed E-state index contributed by atoms with van der Waals surface area (Å²) < 4.78 is 28.4. The molecule has 0 unspecified atom stereocenters. The van der Waals surface area contributed by atoms with Gasteiger partial charge in [-0.3, -0.25) is 9.78 Å². The Balaban J connectivity index is 1.69. The van der Waals surface area contributed by atoms with Crippen molar-refractivity contribution in [1.29, 1.82) is 0 Å². The number of amides is 1. The van der Waals surface area contributed by atoms with Crippen LogP contribution in [0.3, 0.4) is 0 Å². The predicted octanol–water partition coefficient (Wildman–Crippen LogP) is 1.70. The van der Waals surface area contributed by atoms with Crippen LogP contribution in [0.2, 0.25) is 0 Å². The standard InChI is InChI=1S/C19H22N2O5S/c1-12-14-6-4-5-7-15(14)20-13(2)17(12)18(23)26-10-16(22)21-19(3)8-9-27(24,25)11-19/h4-7H,8-11H2,1-3H3,(H,21,22)/t19-/m1/s1. The van der Waals surface area contributed by atoms with Crippen molar-refractivity contribution in [2.24, 2.45) is 0 Å². The number of hydrogen-bond acceptors (Lipinski definition) is 6. The lowest BCUT2D eigenvalue weighted by Gasteiger charge is -2.23. The molecule has 1 atom stereocenters. The lowest BCUT2D eigenvalue weighted by Crippen LogP contribution is -2.48. The highest BCUT2D eigenvalue weighted by molar-refractivity contribution is 7.91. The molecule has 2 heterocycles. The fourth-order valence-corrected chi connectivity index (χ4v) is 5.61. The number of carbonyl (C=O) groups is 2. The van der Waals surface area contributed by atoms with E-state index in [0.29, 0.717) is 17.7 Å². The molecule has 1 aliphatic rings. The topological polar surface area (TPSA) is 102 Å². The third-order valence-electron chi connectivity index (χ3n) is 4.82. The van der Waals surface area contributed by atoms with E-state index < -0.39 is 33.9 Å². The van der Waals surface area contributed by atoms with Crippen LogP contribution in [0.25, 0.3) is 10.9 Å². The first-order valence-electron chi connectivity index (χ1n) is 8.65. The van der Waals surface area contributed by atoms with Gasteiger partial charge in [0.25, 0.3) is 5.91 Å². The highest BCUT2D eigenvalue weighted by atomic mass is 32.2. The second kappa shape index (κ2) is 6.92. The van der Waals surface area contributed by atoms with Crippen molar-refractivity contribution >= 4 is 32.6 Å². The average molecular weight is 390 g/mol. The zero-order valence-electron chi connectivity index (χ0n) is 15.5. The van der Waals surface area contributed by atoms with Crippen molar-refractivity contribution in [2.45, 2.75) is 32.7 Å². The fraction of sp³-hybridized carbons (Fsp3) is 0.421. The number of nitrogens with zero attached hydrogens (tertiary/aromatic N) is 1. The number of rotatable bonds is 4. The molecule has 144 valence electrons. The van der Waals surface area contributed by atoms with E-state index in [1.165, 1.54) is 0 Å². The number of para-hydroxylation sites is 1. The van der Waals surface area contributed by atoms with Crippen molar-refractivity contribution < 1.29 is 22.7 Å². The van der Waals surface area contributed by atoms with Crippen LogP contribution in [0.15, 0.2) is 24.3 Å². The maximum atomic E-state index is 12.5. The molecule has 1 aromatic carbocycles. The van der Waals surface area contributed by atoms with E-state index in [9.17, 15) is 18.0 Å². The zero-order chi connectivity index (χ0) is 19.8. The largest absolute Gasteiger partial charge is 0.452 e. The molecule has 1 saturated heterocycles. The smallest absolute Gasteiger partial charge is 0.340 e. The molecule has 1 amide bonds. The maximum absolute atomic E-state index is 12.5. The third-order valence-corrected chi connectivity index (χ3v) is 6.72. The Morgan fingerprint density at radius 1 is 1.26 bits per heavy atom. The number of ether oxygens (including phenoxy) is 1. The van der Waals surface area contributed by atoms with Crippen molar-refractivity contribution in [1.82, 2.24) is 10.3 Å². The van der Waals surface area contributed by atoms with Crippen LogP contribution in [-0.4, -0.2) is 48.9 Å². The number of pyridine rings is 1. The molecule has 1 aliphatic heterocycles. The Kier molecular flexibility index (Phi) is 4.94. The van der Waals surface area contributed by atoms with Crippen molar-refractivity contribution in [3.05, 3.63) is 41.1 Å². The molecular formula is C19H22N2O5S. The quantitative estimate of drug-likeness (QED) is 0.797. The summed E-state index contributed by atoms with van der Waals surface area (Å²) >= 11 is 0. The second-order valence-corrected chi connectivity index (χ2v) is 9.43. The molecule has 0 radical (unpaired) electrons. The minimum Gasteiger partial charge on any atom is -0.452 e. The molecule has 0 spiro atoms. The molecule has 8 heteroatoms. The van der Waals surface area contributed by atoms with Gasteiger partial charge >= 0.3 is 5.97 Å². The average Bonchev–Trinajstić information content (AvgIpc) is 2.86. The number of esters is 1. The first-order valence-corrected chi connectivity index (χ1v) is 10.5. The second-order valence-electron chi connectivity index (χ2n) is 7.24. The molecule has 1 aromatic heterocycles. The molecule has 7 nitrogen and oxygen atoms in total. The molecule has 27 heavy (non-hydrogen) atoms. The van der Waals surface area contributed by atoms with Crippen LogP contribution in [0.4, 0.5) is 0 Å². The van der Waals surface area contributed by atoms with Crippen LogP contribution < -0.4 is 5.32 Å². The lowest BCUT2D eigenvalue weighted by atomic mass is 10.0. The Bertz CT molecular complexity index is 1030. The number of aromatic nitrogens is 1. The fourth-order valence-electron chi connectivity index (χ4n) is 3.52. The van der Waals surface area contributed by atoms with Crippen LogP contribution in [-0.2, 0) is 19.4 Å². The molecule has 3 rings (SSSR count). The number of sulfone groups is 1. The van der Waals surface area contributed by atoms with E-state index in [1.807, 2.05) is 31.2 Å². The van der Waals surface area contributed by atoms with Gasteiger partial charge < -0.3 is 10.1 Å². The number of benzene rings is 1. The van der Waals surface area contributed by atoms with Gasteiger partial charge in [0.15, 0.2) is 16.4 Å². The molecule has 0 aliphatic carbocycles. The van der Waals surface area contributed by atoms with Gasteiger partial charge in [-0.05, 0) is 38.8 Å². The Hall–Kier alpha value is -2.48. The molecule has 1 fully saturated rings. The minimum absolute atomic E-state index is 0.0463. The zero-order valence-corrected chi connectivity index (χ0v) is 16.4. The summed E-state index contributed by atoms with van der Waals surface area (Å²) in [6.45, 7) is 4.75. The highest BCUT2D eigenvalue weighted by Gasteiger charge is 2.39. The molecular weight excluding hydrogens is 368 g/mol. The minimum atomic E-state index is -3.14. The van der Waals surface area contributed by atoms with E-state index in [-0.39, 0.29) is 11.5 Å². The van der Waals surface area contributed by atoms with Crippen molar-refractivity contribution in [3.63, 3.8) is 0 Å². The van der Waals surface area contributed by atoms with E-state index in [1.54, 1.807) is 13.8 Å². The van der Waals surface area contributed by atoms with Gasteiger partial charge in [-0.15, -0.1) is 0 Å². The summed E-state index contributed by atoms with van der Waals surface area (Å²) in [5.74, 6) is -1.20. The van der Waals surface area contributed by atoms with Gasteiger partial charge in [-0.25, -0.2) is 13.2 Å². The van der Waals surface area contributed by atoms with Gasteiger partial charge in [0, 0.05) is 5.39 Å². The number of hydrogen-bond donors (Lipinski definition) is 1. The monoisotopic (exact) mass is 390 g/mol. The molecule has 0 bridgehead atoms. The van der Waals surface area contributed by atoms with E-state index in [2.05, 4.69) is 10.3 Å². The van der Waals surface area contributed by atoms with E-state index >= 15 is 0 Å². The Morgan fingerprint density at radius 2 is 1.96 bits per heavy atom. The summed E-state index contributed by atoms with van der Waals surface area (Å²) in [6, 6.07) is 7.49. The summed E-state index contributed by atoms with van der Waals surface area (Å²) in [5.41, 5.74) is 1.59. The lowest BCUT2D eigenvalue weighted by molar-refractivity contribution is -0.125. The molecule has 0 saturated carbocycles. The van der Waals surface area contributed by atoms with Crippen LogP contribution in [0.5, 0.6) is 0 Å². The first-order chi connectivity index (χ1) is 12.6. The van der Waals surface area contributed by atoms with E-state index in [0.717, 1.165) is 16.5 Å². The van der Waals surface area contributed by atoms with Gasteiger partial charge in [-0.1, -0.05) is 18.2 Å². The normalized spacial score (nSPS) is 21.1. The third kappa shape index (κ3) is 4.10. The van der Waals surface area contributed by atoms with Gasteiger partial charge in [0.05, 0.1) is 33.8 Å². The SMILES string of the molecule is Cc1nc2ccccc2c(C)c1C(=O)OCC(=O)N[C@]1(C)CCS(=O)(=O)C1. The molecule has 2 aromatic rings. The number of aryl methyl sites for hydroxylation is 2. The van der Waals surface area contributed by atoms with Crippen LogP contribution in [0, 0.1) is 13.8 Å². The number of carbonyl (C=O) groups excluding carboxylic acids is 2. The summed E-state index contributed by atoms with van der Waals surface area (Å²) in [6.07, 6.45) is 0.349. The van der Waals surface area contributed by atoms with Crippen molar-refractivity contribution in [3.8, 4) is 0 Å². The van der Waals surface area contributed by atoms with Gasteiger partial charge in [0.1, 0.15) is 0 Å². The Morgan fingerprint density at radius 3 is 2.63 bits per heavy atom. The Labute approximate surface area is 158 Å². The number of fused-ring (bicyclic) bond motifs is 1. The first kappa shape index (κ1) is 19.3. The predicted molar refractivity (Wildman–Crippen MR) is 101 cm³/mol. The summed E-state index contributed by atoms with van der Waals surface area (Å²) in [7, 11) is -3.14. The van der Waals surface area contributed by atoms with Crippen LogP contribution in [0.1, 0.15) is 35.0 Å². The maximum Gasteiger partial charge on any atom is 0.340 e. The van der Waals surface area contributed by atoms with E-state index in [4.69, 9.17) is 4.74 Å². The van der Waals surface area contributed by atoms with Crippen LogP contribution >= 0.6 is 0 Å².